The lowest BCUT2D eigenvalue weighted by atomic mass is 9.73. The molecule has 2 fully saturated rings. The molecule has 0 amide bonds. The topological polar surface area (TPSA) is 108 Å². The van der Waals surface area contributed by atoms with Crippen LogP contribution in [0.25, 0.3) is 11.1 Å². The van der Waals surface area contributed by atoms with Crippen LogP contribution in [-0.4, -0.2) is 31.1 Å². The van der Waals surface area contributed by atoms with Gasteiger partial charge in [0.25, 0.3) is 0 Å². The van der Waals surface area contributed by atoms with Crippen LogP contribution in [0.4, 0.5) is 11.6 Å². The van der Waals surface area contributed by atoms with Crippen molar-refractivity contribution < 1.29 is 15.0 Å². The third-order valence-electron chi connectivity index (χ3n) is 7.49. The average Bonchev–Trinajstić information content (AvgIpc) is 3.70. The SMILES string of the molecule is Cc1cc(Nc2nccc(C3CC3)n2)cc(-c2ccc([C@](C)(O)[C@H]3CC[C@H](C(=O)O)CC3)nc2)c1. The molecule has 3 N–H and O–H groups in total. The Kier molecular flexibility index (Phi) is 6.28. The van der Waals surface area contributed by atoms with E-state index in [2.05, 4.69) is 45.4 Å². The van der Waals surface area contributed by atoms with Gasteiger partial charge in [-0.1, -0.05) is 12.1 Å². The van der Waals surface area contributed by atoms with Crippen molar-refractivity contribution in [3.63, 3.8) is 0 Å². The lowest BCUT2D eigenvalue weighted by molar-refractivity contribution is -0.144. The van der Waals surface area contributed by atoms with Crippen LogP contribution in [0.5, 0.6) is 0 Å². The molecule has 0 spiro atoms. The second kappa shape index (κ2) is 9.38. The number of aliphatic carboxylic acids is 1. The molecule has 1 atom stereocenters. The number of nitrogens with one attached hydrogen (secondary N) is 1. The Morgan fingerprint density at radius 1 is 1.00 bits per heavy atom. The minimum absolute atomic E-state index is 0.00220. The summed E-state index contributed by atoms with van der Waals surface area (Å²) in [4.78, 5) is 24.9. The van der Waals surface area contributed by atoms with Gasteiger partial charge in [-0.2, -0.15) is 0 Å². The van der Waals surface area contributed by atoms with Gasteiger partial charge in [-0.15, -0.1) is 0 Å². The molecule has 0 radical (unpaired) electrons. The highest BCUT2D eigenvalue weighted by atomic mass is 16.4. The first-order valence-corrected chi connectivity index (χ1v) is 12.4. The fourth-order valence-corrected chi connectivity index (χ4v) is 5.17. The number of aromatic nitrogens is 3. The number of aryl methyl sites for hydroxylation is 1. The van der Waals surface area contributed by atoms with Gasteiger partial charge in [0.15, 0.2) is 0 Å². The Morgan fingerprint density at radius 2 is 1.77 bits per heavy atom. The predicted octanol–water partition coefficient (Wildman–Crippen LogP) is 5.57. The van der Waals surface area contributed by atoms with Crippen molar-refractivity contribution in [2.75, 3.05) is 5.32 Å². The van der Waals surface area contributed by atoms with Gasteiger partial charge in [-0.3, -0.25) is 9.78 Å². The number of carboxylic acid groups (broad SMARTS) is 1. The highest BCUT2D eigenvalue weighted by molar-refractivity contribution is 5.71. The first-order chi connectivity index (χ1) is 16.8. The van der Waals surface area contributed by atoms with Crippen molar-refractivity contribution in [2.45, 2.75) is 63.9 Å². The smallest absolute Gasteiger partial charge is 0.306 e. The average molecular weight is 473 g/mol. The zero-order valence-electron chi connectivity index (χ0n) is 20.2. The molecule has 2 aliphatic rings. The summed E-state index contributed by atoms with van der Waals surface area (Å²) in [6.45, 7) is 3.85. The highest BCUT2D eigenvalue weighted by Crippen LogP contribution is 2.41. The quantitative estimate of drug-likeness (QED) is 0.413. The molecule has 182 valence electrons. The van der Waals surface area contributed by atoms with E-state index in [0.717, 1.165) is 28.1 Å². The first kappa shape index (κ1) is 23.4. The van der Waals surface area contributed by atoms with Gasteiger partial charge < -0.3 is 15.5 Å². The number of aliphatic hydroxyl groups is 1. The largest absolute Gasteiger partial charge is 0.481 e. The molecule has 1 aromatic carbocycles. The van der Waals surface area contributed by atoms with E-state index in [-0.39, 0.29) is 11.8 Å². The Hall–Kier alpha value is -3.32. The maximum absolute atomic E-state index is 11.3. The summed E-state index contributed by atoms with van der Waals surface area (Å²) in [5.74, 6) is 0.134. The number of nitrogens with zero attached hydrogens (tertiary/aromatic N) is 3. The van der Waals surface area contributed by atoms with Crippen LogP contribution in [0, 0.1) is 18.8 Å². The number of carboxylic acids is 1. The minimum Gasteiger partial charge on any atom is -0.481 e. The third-order valence-corrected chi connectivity index (χ3v) is 7.49. The number of hydrogen-bond donors (Lipinski definition) is 3. The van der Waals surface area contributed by atoms with E-state index in [4.69, 9.17) is 0 Å². The van der Waals surface area contributed by atoms with E-state index in [1.54, 1.807) is 13.1 Å². The number of hydrogen-bond acceptors (Lipinski definition) is 6. The summed E-state index contributed by atoms with van der Waals surface area (Å²) in [6.07, 6.45) is 8.57. The molecule has 2 aliphatic carbocycles. The first-order valence-electron chi connectivity index (χ1n) is 12.4. The van der Waals surface area contributed by atoms with E-state index >= 15 is 0 Å². The second-order valence-corrected chi connectivity index (χ2v) is 10.3. The number of rotatable bonds is 7. The molecule has 0 saturated heterocycles. The van der Waals surface area contributed by atoms with Crippen LogP contribution in [0.15, 0.2) is 48.8 Å². The molecule has 2 aromatic heterocycles. The highest BCUT2D eigenvalue weighted by Gasteiger charge is 2.38. The van der Waals surface area contributed by atoms with Crippen LogP contribution >= 0.6 is 0 Å². The van der Waals surface area contributed by atoms with Gasteiger partial charge >= 0.3 is 5.97 Å². The van der Waals surface area contributed by atoms with E-state index < -0.39 is 11.6 Å². The van der Waals surface area contributed by atoms with E-state index in [1.165, 1.54) is 12.8 Å². The normalized spacial score (nSPS) is 21.8. The monoisotopic (exact) mass is 472 g/mol. The fourth-order valence-electron chi connectivity index (χ4n) is 5.17. The number of pyridine rings is 1. The number of benzene rings is 1. The van der Waals surface area contributed by atoms with Gasteiger partial charge in [-0.25, -0.2) is 9.97 Å². The lowest BCUT2D eigenvalue weighted by Crippen LogP contribution is -2.36. The van der Waals surface area contributed by atoms with Gasteiger partial charge in [0.2, 0.25) is 5.95 Å². The molecule has 0 unspecified atom stereocenters. The van der Waals surface area contributed by atoms with Gasteiger partial charge in [-0.05, 0) is 93.7 Å². The Balaban J connectivity index is 1.32. The van der Waals surface area contributed by atoms with Crippen molar-refractivity contribution in [1.82, 2.24) is 15.0 Å². The molecule has 0 bridgehead atoms. The van der Waals surface area contributed by atoms with Crippen molar-refractivity contribution in [1.29, 1.82) is 0 Å². The van der Waals surface area contributed by atoms with E-state index in [1.807, 2.05) is 24.4 Å². The molecular formula is C28H32N4O3. The lowest BCUT2D eigenvalue weighted by Gasteiger charge is -2.36. The van der Waals surface area contributed by atoms with Gasteiger partial charge in [0.1, 0.15) is 5.60 Å². The summed E-state index contributed by atoms with van der Waals surface area (Å²) >= 11 is 0. The minimum atomic E-state index is -1.09. The van der Waals surface area contributed by atoms with E-state index in [9.17, 15) is 15.0 Å². The zero-order chi connectivity index (χ0) is 24.6. The maximum Gasteiger partial charge on any atom is 0.306 e. The molecule has 7 nitrogen and oxygen atoms in total. The van der Waals surface area contributed by atoms with Crippen molar-refractivity contribution in [3.05, 3.63) is 65.7 Å². The molecule has 2 heterocycles. The summed E-state index contributed by atoms with van der Waals surface area (Å²) in [5, 5.41) is 23.9. The number of carbonyl (C=O) groups is 1. The Bertz CT molecular complexity index is 1210. The fraction of sp³-hybridized carbons (Fsp3) is 0.429. The summed E-state index contributed by atoms with van der Waals surface area (Å²) in [6, 6.07) is 12.1. The van der Waals surface area contributed by atoms with Crippen LogP contribution in [0.1, 0.15) is 68.3 Å². The molecule has 2 saturated carbocycles. The van der Waals surface area contributed by atoms with Gasteiger partial charge in [0, 0.05) is 35.3 Å². The molecule has 5 rings (SSSR count). The summed E-state index contributed by atoms with van der Waals surface area (Å²) in [5.41, 5.74) is 4.62. The molecule has 35 heavy (non-hydrogen) atoms. The maximum atomic E-state index is 11.3. The third kappa shape index (κ3) is 5.20. The summed E-state index contributed by atoms with van der Waals surface area (Å²) < 4.78 is 0. The molecular weight excluding hydrogens is 440 g/mol. The zero-order valence-corrected chi connectivity index (χ0v) is 20.2. The second-order valence-electron chi connectivity index (χ2n) is 10.3. The van der Waals surface area contributed by atoms with E-state index in [0.29, 0.717) is 43.2 Å². The number of anilines is 2. The predicted molar refractivity (Wildman–Crippen MR) is 134 cm³/mol. The Labute approximate surface area is 205 Å². The molecule has 7 heteroatoms. The van der Waals surface area contributed by atoms with Crippen molar-refractivity contribution in [3.8, 4) is 11.1 Å². The van der Waals surface area contributed by atoms with Crippen LogP contribution in [0.3, 0.4) is 0 Å². The van der Waals surface area contributed by atoms with Crippen LogP contribution in [0.2, 0.25) is 0 Å². The van der Waals surface area contributed by atoms with Crippen LogP contribution < -0.4 is 5.32 Å². The summed E-state index contributed by atoms with van der Waals surface area (Å²) in [7, 11) is 0. The Morgan fingerprint density at radius 3 is 2.43 bits per heavy atom. The van der Waals surface area contributed by atoms with Gasteiger partial charge in [0.05, 0.1) is 11.6 Å². The van der Waals surface area contributed by atoms with Crippen molar-refractivity contribution >= 4 is 17.6 Å². The standard InChI is InChI=1S/C28H32N4O3/c1-17-13-21(15-23(14-17)31-27-29-12-11-24(32-27)18-3-4-18)20-7-10-25(30-16-20)28(2,35)22-8-5-19(6-9-22)26(33)34/h7,10-16,18-19,22,35H,3-6,8-9H2,1-2H3,(H,33,34)(H,29,31,32)/t19-,22-,28-/m1/s1. The molecule has 0 aliphatic heterocycles. The molecule has 3 aromatic rings. The van der Waals surface area contributed by atoms with Crippen LogP contribution in [-0.2, 0) is 10.4 Å². The van der Waals surface area contributed by atoms with Crippen molar-refractivity contribution in [2.24, 2.45) is 11.8 Å².